The average Bonchev–Trinajstić information content (AvgIpc) is 2.50. The molecule has 2 rings (SSSR count). The van der Waals surface area contributed by atoms with Gasteiger partial charge >= 0.3 is 0 Å². The number of ether oxygens (including phenoxy) is 1. The number of carbonyl (C=O) groups excluding carboxylic acids is 1. The molecule has 1 aromatic carbocycles. The average molecular weight is 276 g/mol. The smallest absolute Gasteiger partial charge is 0.231 e. The van der Waals surface area contributed by atoms with Gasteiger partial charge < -0.3 is 15.4 Å². The third kappa shape index (κ3) is 3.58. The van der Waals surface area contributed by atoms with Gasteiger partial charge in [-0.25, -0.2) is 0 Å². The molecule has 0 spiro atoms. The highest BCUT2D eigenvalue weighted by Crippen LogP contribution is 2.21. The normalized spacial score (nSPS) is 20.7. The lowest BCUT2D eigenvalue weighted by Crippen LogP contribution is -2.46. The largest absolute Gasteiger partial charge is 0.377 e. The Labute approximate surface area is 120 Å². The van der Waals surface area contributed by atoms with E-state index in [0.29, 0.717) is 19.7 Å². The maximum Gasteiger partial charge on any atom is 0.231 e. The number of amides is 1. The molecule has 0 aromatic heterocycles. The molecule has 1 amide bonds. The molecule has 0 aliphatic carbocycles. The van der Waals surface area contributed by atoms with E-state index >= 15 is 0 Å². The standard InChI is InChI=1S/C16H24N2O2/c1-2-20-14-9-6-10-18(12-14)16(19)15(11-17)13-7-4-3-5-8-13/h3-5,7-8,14-15H,2,6,9-12,17H2,1H3. The summed E-state index contributed by atoms with van der Waals surface area (Å²) in [5, 5.41) is 0. The minimum Gasteiger partial charge on any atom is -0.377 e. The van der Waals surface area contributed by atoms with E-state index in [4.69, 9.17) is 10.5 Å². The summed E-state index contributed by atoms with van der Waals surface area (Å²) in [6.45, 7) is 4.54. The van der Waals surface area contributed by atoms with Gasteiger partial charge in [-0.3, -0.25) is 4.79 Å². The van der Waals surface area contributed by atoms with Crippen LogP contribution in [0.3, 0.4) is 0 Å². The molecule has 1 saturated heterocycles. The van der Waals surface area contributed by atoms with Crippen LogP contribution in [0.5, 0.6) is 0 Å². The predicted octanol–water partition coefficient (Wildman–Crippen LogP) is 1.76. The molecule has 0 radical (unpaired) electrons. The van der Waals surface area contributed by atoms with Crippen molar-refractivity contribution in [2.24, 2.45) is 5.73 Å². The predicted molar refractivity (Wildman–Crippen MR) is 79.5 cm³/mol. The quantitative estimate of drug-likeness (QED) is 0.891. The fraction of sp³-hybridized carbons (Fsp3) is 0.562. The highest BCUT2D eigenvalue weighted by Gasteiger charge is 2.29. The lowest BCUT2D eigenvalue weighted by atomic mass is 9.96. The van der Waals surface area contributed by atoms with E-state index in [0.717, 1.165) is 24.9 Å². The molecule has 2 unspecified atom stereocenters. The Kier molecular flexibility index (Phi) is 5.56. The second-order valence-electron chi connectivity index (χ2n) is 5.20. The van der Waals surface area contributed by atoms with Crippen molar-refractivity contribution < 1.29 is 9.53 Å². The first kappa shape index (κ1) is 15.0. The highest BCUT2D eigenvalue weighted by molar-refractivity contribution is 5.84. The van der Waals surface area contributed by atoms with Crippen LogP contribution < -0.4 is 5.73 Å². The molecule has 4 heteroatoms. The lowest BCUT2D eigenvalue weighted by molar-refractivity contribution is -0.136. The first-order valence-electron chi connectivity index (χ1n) is 7.41. The number of piperidine rings is 1. The Bertz CT molecular complexity index is 420. The van der Waals surface area contributed by atoms with Crippen LogP contribution in [0.15, 0.2) is 30.3 Å². The molecule has 2 N–H and O–H groups in total. The molecule has 1 fully saturated rings. The monoisotopic (exact) mass is 276 g/mol. The van der Waals surface area contributed by atoms with Crippen molar-refractivity contribution in [3.05, 3.63) is 35.9 Å². The molecule has 1 aliphatic rings. The summed E-state index contributed by atoms with van der Waals surface area (Å²) in [6.07, 6.45) is 2.21. The second kappa shape index (κ2) is 7.41. The second-order valence-corrected chi connectivity index (χ2v) is 5.20. The van der Waals surface area contributed by atoms with Gasteiger partial charge in [-0.15, -0.1) is 0 Å². The number of carbonyl (C=O) groups is 1. The molecular formula is C16H24N2O2. The Morgan fingerprint density at radius 2 is 2.20 bits per heavy atom. The van der Waals surface area contributed by atoms with Crippen molar-refractivity contribution in [2.45, 2.75) is 31.8 Å². The van der Waals surface area contributed by atoms with Gasteiger partial charge in [-0.05, 0) is 25.3 Å². The molecule has 0 bridgehead atoms. The number of nitrogens with zero attached hydrogens (tertiary/aromatic N) is 1. The summed E-state index contributed by atoms with van der Waals surface area (Å²) in [4.78, 5) is 14.6. The molecule has 0 saturated carbocycles. The molecule has 20 heavy (non-hydrogen) atoms. The summed E-state index contributed by atoms with van der Waals surface area (Å²) in [6, 6.07) is 9.79. The fourth-order valence-corrected chi connectivity index (χ4v) is 2.80. The number of hydrogen-bond acceptors (Lipinski definition) is 3. The number of benzene rings is 1. The summed E-state index contributed by atoms with van der Waals surface area (Å²) in [7, 11) is 0. The van der Waals surface area contributed by atoms with Crippen LogP contribution in [-0.4, -0.2) is 43.2 Å². The zero-order chi connectivity index (χ0) is 14.4. The Morgan fingerprint density at radius 1 is 1.45 bits per heavy atom. The van der Waals surface area contributed by atoms with E-state index in [-0.39, 0.29) is 17.9 Å². The van der Waals surface area contributed by atoms with E-state index in [1.807, 2.05) is 42.2 Å². The van der Waals surface area contributed by atoms with Crippen LogP contribution >= 0.6 is 0 Å². The highest BCUT2D eigenvalue weighted by atomic mass is 16.5. The van der Waals surface area contributed by atoms with Gasteiger partial charge in [-0.1, -0.05) is 30.3 Å². The molecule has 110 valence electrons. The van der Waals surface area contributed by atoms with Crippen LogP contribution in [-0.2, 0) is 9.53 Å². The number of nitrogens with two attached hydrogens (primary N) is 1. The third-order valence-electron chi connectivity index (χ3n) is 3.83. The lowest BCUT2D eigenvalue weighted by Gasteiger charge is -2.34. The summed E-state index contributed by atoms with van der Waals surface area (Å²) in [5.41, 5.74) is 6.83. The van der Waals surface area contributed by atoms with Gasteiger partial charge in [0.2, 0.25) is 5.91 Å². The first-order valence-corrected chi connectivity index (χ1v) is 7.41. The Balaban J connectivity index is 2.05. The summed E-state index contributed by atoms with van der Waals surface area (Å²) in [5.74, 6) is -0.111. The van der Waals surface area contributed by atoms with E-state index in [1.165, 1.54) is 0 Å². The van der Waals surface area contributed by atoms with Gasteiger partial charge in [0, 0.05) is 26.2 Å². The van der Waals surface area contributed by atoms with Crippen molar-refractivity contribution in [2.75, 3.05) is 26.2 Å². The first-order chi connectivity index (χ1) is 9.76. The topological polar surface area (TPSA) is 55.6 Å². The van der Waals surface area contributed by atoms with E-state index in [9.17, 15) is 4.79 Å². The van der Waals surface area contributed by atoms with Gasteiger partial charge in [0.25, 0.3) is 0 Å². The van der Waals surface area contributed by atoms with Crippen LogP contribution in [0.1, 0.15) is 31.2 Å². The van der Waals surface area contributed by atoms with Crippen molar-refractivity contribution in [1.29, 1.82) is 0 Å². The zero-order valence-electron chi connectivity index (χ0n) is 12.1. The summed E-state index contributed by atoms with van der Waals surface area (Å²) < 4.78 is 5.66. The van der Waals surface area contributed by atoms with Gasteiger partial charge in [0.05, 0.1) is 12.0 Å². The molecular weight excluding hydrogens is 252 g/mol. The fourth-order valence-electron chi connectivity index (χ4n) is 2.80. The maximum absolute atomic E-state index is 12.7. The minimum absolute atomic E-state index is 0.128. The van der Waals surface area contributed by atoms with E-state index in [2.05, 4.69) is 0 Å². The minimum atomic E-state index is -0.239. The summed E-state index contributed by atoms with van der Waals surface area (Å²) >= 11 is 0. The van der Waals surface area contributed by atoms with E-state index < -0.39 is 0 Å². The molecule has 1 aromatic rings. The molecule has 2 atom stereocenters. The van der Waals surface area contributed by atoms with Gasteiger partial charge in [-0.2, -0.15) is 0 Å². The number of hydrogen-bond donors (Lipinski definition) is 1. The van der Waals surface area contributed by atoms with Crippen molar-refractivity contribution >= 4 is 5.91 Å². The zero-order valence-corrected chi connectivity index (χ0v) is 12.1. The number of likely N-dealkylation sites (tertiary alicyclic amines) is 1. The van der Waals surface area contributed by atoms with Crippen LogP contribution in [0.25, 0.3) is 0 Å². The van der Waals surface area contributed by atoms with Gasteiger partial charge in [0.1, 0.15) is 0 Å². The third-order valence-corrected chi connectivity index (χ3v) is 3.83. The maximum atomic E-state index is 12.7. The molecule has 1 aliphatic heterocycles. The van der Waals surface area contributed by atoms with Crippen molar-refractivity contribution in [1.82, 2.24) is 4.90 Å². The SMILES string of the molecule is CCOC1CCCN(C(=O)C(CN)c2ccccc2)C1. The van der Waals surface area contributed by atoms with Crippen molar-refractivity contribution in [3.8, 4) is 0 Å². The molecule has 1 heterocycles. The molecule has 4 nitrogen and oxygen atoms in total. The Hall–Kier alpha value is -1.39. The number of rotatable bonds is 5. The van der Waals surface area contributed by atoms with Crippen LogP contribution in [0.2, 0.25) is 0 Å². The van der Waals surface area contributed by atoms with Crippen LogP contribution in [0, 0.1) is 0 Å². The van der Waals surface area contributed by atoms with Crippen LogP contribution in [0.4, 0.5) is 0 Å². The van der Waals surface area contributed by atoms with Crippen molar-refractivity contribution in [3.63, 3.8) is 0 Å². The van der Waals surface area contributed by atoms with E-state index in [1.54, 1.807) is 0 Å². The Morgan fingerprint density at radius 3 is 2.85 bits per heavy atom. The van der Waals surface area contributed by atoms with Gasteiger partial charge in [0.15, 0.2) is 0 Å².